The Balaban J connectivity index is 1.64. The molecule has 1 aliphatic heterocycles. The third-order valence-corrected chi connectivity index (χ3v) is 5.85. The number of carbonyl (C=O) groups is 1. The van der Waals surface area contributed by atoms with Gasteiger partial charge in [0, 0.05) is 43.8 Å². The zero-order valence-corrected chi connectivity index (χ0v) is 20.1. The topological polar surface area (TPSA) is 77.4 Å². The van der Waals surface area contributed by atoms with Gasteiger partial charge in [0.25, 0.3) is 11.8 Å². The first-order valence-corrected chi connectivity index (χ1v) is 11.6. The Hall–Kier alpha value is -3.46. The average Bonchev–Trinajstić information content (AvgIpc) is 2.85. The van der Waals surface area contributed by atoms with Crippen LogP contribution in [0.2, 0.25) is 0 Å². The van der Waals surface area contributed by atoms with E-state index in [-0.39, 0.29) is 17.9 Å². The average molecular weight is 483 g/mol. The molecular formula is C26H28F2N4O3. The van der Waals surface area contributed by atoms with Crippen LogP contribution in [0.25, 0.3) is 11.3 Å². The summed E-state index contributed by atoms with van der Waals surface area (Å²) in [6.45, 7) is 7.76. The van der Waals surface area contributed by atoms with Gasteiger partial charge < -0.3 is 14.4 Å². The SMILES string of the molecule is CCOc1nnc(-c2cc(C(=O)Cc3ccnc(C(C)(F)F)c3)ccc2C)cc1N1CCOCC1. The zero-order valence-electron chi connectivity index (χ0n) is 20.1. The molecule has 3 aromatic rings. The molecule has 0 aliphatic carbocycles. The zero-order chi connectivity index (χ0) is 25.0. The minimum Gasteiger partial charge on any atom is -0.475 e. The first-order chi connectivity index (χ1) is 16.8. The van der Waals surface area contributed by atoms with Crippen molar-refractivity contribution in [3.05, 3.63) is 65.0 Å². The van der Waals surface area contributed by atoms with Gasteiger partial charge in [0.1, 0.15) is 11.4 Å². The number of morpholine rings is 1. The fourth-order valence-corrected chi connectivity index (χ4v) is 3.96. The predicted octanol–water partition coefficient (Wildman–Crippen LogP) is 4.62. The molecular weight excluding hydrogens is 454 g/mol. The highest BCUT2D eigenvalue weighted by Crippen LogP contribution is 2.32. The van der Waals surface area contributed by atoms with E-state index in [1.165, 1.54) is 12.3 Å². The van der Waals surface area contributed by atoms with Crippen LogP contribution in [0.3, 0.4) is 0 Å². The van der Waals surface area contributed by atoms with Crippen molar-refractivity contribution in [2.75, 3.05) is 37.8 Å². The Labute approximate surface area is 203 Å². The van der Waals surface area contributed by atoms with Crippen molar-refractivity contribution < 1.29 is 23.0 Å². The summed E-state index contributed by atoms with van der Waals surface area (Å²) in [5.41, 5.74) is 3.77. The minimum atomic E-state index is -3.07. The summed E-state index contributed by atoms with van der Waals surface area (Å²) in [5, 5.41) is 8.69. The van der Waals surface area contributed by atoms with Gasteiger partial charge in [-0.05, 0) is 49.2 Å². The van der Waals surface area contributed by atoms with Gasteiger partial charge in [0.05, 0.1) is 25.5 Å². The van der Waals surface area contributed by atoms with Gasteiger partial charge in [-0.1, -0.05) is 12.1 Å². The van der Waals surface area contributed by atoms with Crippen molar-refractivity contribution in [2.24, 2.45) is 0 Å². The van der Waals surface area contributed by atoms with Gasteiger partial charge in [-0.2, -0.15) is 8.78 Å². The van der Waals surface area contributed by atoms with E-state index in [4.69, 9.17) is 9.47 Å². The lowest BCUT2D eigenvalue weighted by molar-refractivity contribution is 0.0126. The van der Waals surface area contributed by atoms with Crippen molar-refractivity contribution in [3.63, 3.8) is 0 Å². The molecule has 3 heterocycles. The molecule has 9 heteroatoms. The molecule has 1 aromatic carbocycles. The number of anilines is 1. The quantitative estimate of drug-likeness (QED) is 0.434. The molecule has 0 N–H and O–H groups in total. The number of hydrogen-bond acceptors (Lipinski definition) is 7. The predicted molar refractivity (Wildman–Crippen MR) is 128 cm³/mol. The molecule has 4 rings (SSSR count). The third kappa shape index (κ3) is 5.79. The van der Waals surface area contributed by atoms with Gasteiger partial charge in [0.2, 0.25) is 0 Å². The summed E-state index contributed by atoms with van der Waals surface area (Å²) < 4.78 is 38.5. The molecule has 0 atom stereocenters. The van der Waals surface area contributed by atoms with Gasteiger partial charge in [-0.25, -0.2) is 0 Å². The highest BCUT2D eigenvalue weighted by molar-refractivity contribution is 5.98. The summed E-state index contributed by atoms with van der Waals surface area (Å²) in [5.74, 6) is -2.79. The number of alkyl halides is 2. The van der Waals surface area contributed by atoms with E-state index in [1.54, 1.807) is 18.2 Å². The molecule has 1 aliphatic rings. The molecule has 0 radical (unpaired) electrons. The van der Waals surface area contributed by atoms with Gasteiger partial charge >= 0.3 is 0 Å². The molecule has 184 valence electrons. The number of ether oxygens (including phenoxy) is 2. The fourth-order valence-electron chi connectivity index (χ4n) is 3.96. The first kappa shape index (κ1) is 24.7. The van der Waals surface area contributed by atoms with Crippen LogP contribution in [-0.2, 0) is 17.1 Å². The number of aromatic nitrogens is 3. The lowest BCUT2D eigenvalue weighted by Gasteiger charge is -2.29. The van der Waals surface area contributed by atoms with Crippen molar-refractivity contribution in [3.8, 4) is 17.1 Å². The van der Waals surface area contributed by atoms with Crippen LogP contribution in [0.5, 0.6) is 5.88 Å². The molecule has 1 fully saturated rings. The van der Waals surface area contributed by atoms with E-state index in [2.05, 4.69) is 20.1 Å². The molecule has 35 heavy (non-hydrogen) atoms. The molecule has 7 nitrogen and oxygen atoms in total. The first-order valence-electron chi connectivity index (χ1n) is 11.6. The van der Waals surface area contributed by atoms with E-state index < -0.39 is 5.92 Å². The monoisotopic (exact) mass is 482 g/mol. The molecule has 0 amide bonds. The number of ketones is 1. The van der Waals surface area contributed by atoms with E-state index in [1.807, 2.05) is 26.0 Å². The summed E-state index contributed by atoms with van der Waals surface area (Å²) >= 11 is 0. The lowest BCUT2D eigenvalue weighted by atomic mass is 9.97. The van der Waals surface area contributed by atoms with Crippen LogP contribution in [0, 0.1) is 6.92 Å². The van der Waals surface area contributed by atoms with E-state index in [9.17, 15) is 13.6 Å². The van der Waals surface area contributed by atoms with Crippen molar-refractivity contribution in [1.82, 2.24) is 15.2 Å². The van der Waals surface area contributed by atoms with Crippen LogP contribution in [0.4, 0.5) is 14.5 Å². The number of carbonyl (C=O) groups excluding carboxylic acids is 1. The van der Waals surface area contributed by atoms with E-state index in [0.29, 0.717) is 55.6 Å². The Morgan fingerprint density at radius 3 is 2.63 bits per heavy atom. The molecule has 1 saturated heterocycles. The second-order valence-electron chi connectivity index (χ2n) is 8.52. The highest BCUT2D eigenvalue weighted by Gasteiger charge is 2.26. The van der Waals surface area contributed by atoms with Crippen LogP contribution >= 0.6 is 0 Å². The standard InChI is InChI=1S/C26H28F2N4O3/c1-4-35-25-22(32-9-11-34-12-10-32)16-21(30-31-25)20-15-19(6-5-17(20)2)23(33)13-18-7-8-29-24(14-18)26(3,27)28/h5-8,14-16H,4,9-13H2,1-3H3. The number of aryl methyl sites for hydroxylation is 1. The molecule has 0 unspecified atom stereocenters. The van der Waals surface area contributed by atoms with E-state index in [0.717, 1.165) is 23.7 Å². The number of Topliss-reactive ketones (excluding diaryl/α,β-unsaturated/α-hetero) is 1. The summed E-state index contributed by atoms with van der Waals surface area (Å²) in [7, 11) is 0. The number of rotatable bonds is 8. The number of halogens is 2. The minimum absolute atomic E-state index is 0.0118. The number of nitrogens with zero attached hydrogens (tertiary/aromatic N) is 4. The van der Waals surface area contributed by atoms with Crippen molar-refractivity contribution in [1.29, 1.82) is 0 Å². The van der Waals surface area contributed by atoms with Gasteiger partial charge in [0.15, 0.2) is 5.78 Å². The van der Waals surface area contributed by atoms with Crippen molar-refractivity contribution >= 4 is 11.5 Å². The summed E-state index contributed by atoms with van der Waals surface area (Å²) in [6.07, 6.45) is 1.29. The van der Waals surface area contributed by atoms with Gasteiger partial charge in [-0.3, -0.25) is 9.78 Å². The Morgan fingerprint density at radius 1 is 1.14 bits per heavy atom. The highest BCUT2D eigenvalue weighted by atomic mass is 19.3. The Morgan fingerprint density at radius 2 is 1.91 bits per heavy atom. The van der Waals surface area contributed by atoms with Crippen LogP contribution < -0.4 is 9.64 Å². The summed E-state index contributed by atoms with van der Waals surface area (Å²) in [4.78, 5) is 18.9. The molecule has 2 aromatic heterocycles. The normalized spacial score (nSPS) is 14.1. The third-order valence-electron chi connectivity index (χ3n) is 5.85. The number of hydrogen-bond donors (Lipinski definition) is 0. The van der Waals surface area contributed by atoms with Gasteiger partial charge in [-0.15, -0.1) is 10.2 Å². The number of pyridine rings is 1. The Bertz CT molecular complexity index is 1210. The maximum atomic E-state index is 13.6. The molecule has 0 saturated carbocycles. The second kappa shape index (κ2) is 10.4. The molecule has 0 bridgehead atoms. The molecule has 0 spiro atoms. The summed E-state index contributed by atoms with van der Waals surface area (Å²) in [6, 6.07) is 10.2. The lowest BCUT2D eigenvalue weighted by Crippen LogP contribution is -2.36. The largest absolute Gasteiger partial charge is 0.475 e. The van der Waals surface area contributed by atoms with E-state index >= 15 is 0 Å². The van der Waals surface area contributed by atoms with Crippen LogP contribution in [-0.4, -0.2) is 53.9 Å². The van der Waals surface area contributed by atoms with Crippen LogP contribution in [0.1, 0.15) is 41.0 Å². The van der Waals surface area contributed by atoms with Crippen molar-refractivity contribution in [2.45, 2.75) is 33.1 Å². The fraction of sp³-hybridized carbons (Fsp3) is 0.385. The Kier molecular flexibility index (Phi) is 7.35. The van der Waals surface area contributed by atoms with Crippen LogP contribution in [0.15, 0.2) is 42.6 Å². The maximum Gasteiger partial charge on any atom is 0.286 e. The second-order valence-corrected chi connectivity index (χ2v) is 8.52. The number of benzene rings is 1. The maximum absolute atomic E-state index is 13.6. The smallest absolute Gasteiger partial charge is 0.286 e.